The van der Waals surface area contributed by atoms with Crippen molar-refractivity contribution in [2.75, 3.05) is 13.2 Å². The topological polar surface area (TPSA) is 75.2 Å². The van der Waals surface area contributed by atoms with Gasteiger partial charge in [-0.15, -0.1) is 0 Å². The third kappa shape index (κ3) is 3.25. The molecule has 1 heterocycles. The highest BCUT2D eigenvalue weighted by Crippen LogP contribution is 2.08. The van der Waals surface area contributed by atoms with Crippen LogP contribution < -0.4 is 0 Å². The molecule has 0 aliphatic carbocycles. The van der Waals surface area contributed by atoms with Crippen LogP contribution in [0.15, 0.2) is 12.4 Å². The predicted octanol–water partition coefficient (Wildman–Crippen LogP) is 0.614. The lowest BCUT2D eigenvalue weighted by atomic mass is 10.2. The van der Waals surface area contributed by atoms with Crippen molar-refractivity contribution in [1.82, 2.24) is 9.97 Å². The molecular formula is C8H12N2O3. The zero-order valence-electron chi connectivity index (χ0n) is 7.36. The number of carboxylic acid groups (broad SMARTS) is 1. The van der Waals surface area contributed by atoms with Gasteiger partial charge >= 0.3 is 5.97 Å². The number of rotatable bonds is 5. The van der Waals surface area contributed by atoms with Crippen LogP contribution in [0.4, 0.5) is 0 Å². The van der Waals surface area contributed by atoms with Crippen molar-refractivity contribution in [2.24, 2.45) is 0 Å². The molecule has 5 nitrogen and oxygen atoms in total. The Bertz CT molecular complexity index is 258. The molecule has 0 aromatic carbocycles. The highest BCUT2D eigenvalue weighted by atomic mass is 16.5. The number of carboxylic acids is 1. The SMILES string of the molecule is CC(COCC(=O)O)c1ncc[nH]1. The quantitative estimate of drug-likeness (QED) is 0.703. The second kappa shape index (κ2) is 4.61. The highest BCUT2D eigenvalue weighted by molar-refractivity contribution is 5.67. The van der Waals surface area contributed by atoms with Gasteiger partial charge in [-0.25, -0.2) is 9.78 Å². The third-order valence-corrected chi connectivity index (χ3v) is 1.58. The molecule has 0 saturated heterocycles. The maximum Gasteiger partial charge on any atom is 0.329 e. The van der Waals surface area contributed by atoms with E-state index in [1.54, 1.807) is 12.4 Å². The Morgan fingerprint density at radius 1 is 1.85 bits per heavy atom. The fourth-order valence-corrected chi connectivity index (χ4v) is 0.949. The first-order valence-corrected chi connectivity index (χ1v) is 3.99. The van der Waals surface area contributed by atoms with Gasteiger partial charge in [0.15, 0.2) is 0 Å². The zero-order valence-corrected chi connectivity index (χ0v) is 7.36. The summed E-state index contributed by atoms with van der Waals surface area (Å²) in [7, 11) is 0. The molecule has 1 aromatic rings. The molecule has 0 aliphatic rings. The van der Waals surface area contributed by atoms with Gasteiger partial charge in [0.2, 0.25) is 0 Å². The second-order valence-corrected chi connectivity index (χ2v) is 2.78. The molecule has 0 saturated carbocycles. The fraction of sp³-hybridized carbons (Fsp3) is 0.500. The number of carbonyl (C=O) groups is 1. The van der Waals surface area contributed by atoms with Crippen LogP contribution in [0.2, 0.25) is 0 Å². The summed E-state index contributed by atoms with van der Waals surface area (Å²) < 4.78 is 4.92. The maximum absolute atomic E-state index is 10.1. The summed E-state index contributed by atoms with van der Waals surface area (Å²) in [6.07, 6.45) is 3.38. The Morgan fingerprint density at radius 3 is 3.15 bits per heavy atom. The molecule has 1 rings (SSSR count). The van der Waals surface area contributed by atoms with Crippen molar-refractivity contribution in [3.05, 3.63) is 18.2 Å². The van der Waals surface area contributed by atoms with E-state index in [1.165, 1.54) is 0 Å². The lowest BCUT2D eigenvalue weighted by Gasteiger charge is -2.07. The van der Waals surface area contributed by atoms with Crippen LogP contribution in [-0.2, 0) is 9.53 Å². The van der Waals surface area contributed by atoms with E-state index in [1.807, 2.05) is 6.92 Å². The maximum atomic E-state index is 10.1. The Hall–Kier alpha value is -1.36. The Morgan fingerprint density at radius 2 is 2.62 bits per heavy atom. The Balaban J connectivity index is 2.26. The van der Waals surface area contributed by atoms with Gasteiger partial charge in [0.25, 0.3) is 0 Å². The van der Waals surface area contributed by atoms with Crippen LogP contribution in [-0.4, -0.2) is 34.3 Å². The summed E-state index contributed by atoms with van der Waals surface area (Å²) >= 11 is 0. The van der Waals surface area contributed by atoms with Crippen molar-refractivity contribution < 1.29 is 14.6 Å². The van der Waals surface area contributed by atoms with Crippen molar-refractivity contribution in [3.8, 4) is 0 Å². The van der Waals surface area contributed by atoms with Crippen LogP contribution in [0.5, 0.6) is 0 Å². The number of H-pyrrole nitrogens is 1. The number of imidazole rings is 1. The van der Waals surface area contributed by atoms with E-state index in [0.29, 0.717) is 6.61 Å². The number of nitrogens with one attached hydrogen (secondary N) is 1. The molecule has 13 heavy (non-hydrogen) atoms. The number of aromatic amines is 1. The van der Waals surface area contributed by atoms with Gasteiger partial charge < -0.3 is 14.8 Å². The van der Waals surface area contributed by atoms with E-state index in [9.17, 15) is 4.79 Å². The van der Waals surface area contributed by atoms with E-state index in [-0.39, 0.29) is 12.5 Å². The summed E-state index contributed by atoms with van der Waals surface area (Å²) in [5, 5.41) is 8.31. The molecule has 0 radical (unpaired) electrons. The standard InChI is InChI=1S/C8H12N2O3/c1-6(4-13-5-7(11)12)8-9-2-3-10-8/h2-3,6H,4-5H2,1H3,(H,9,10)(H,11,12). The van der Waals surface area contributed by atoms with Gasteiger partial charge in [0.1, 0.15) is 12.4 Å². The first-order chi connectivity index (χ1) is 6.20. The van der Waals surface area contributed by atoms with Crippen LogP contribution in [0.1, 0.15) is 18.7 Å². The van der Waals surface area contributed by atoms with Crippen molar-refractivity contribution >= 4 is 5.97 Å². The van der Waals surface area contributed by atoms with Gasteiger partial charge in [-0.3, -0.25) is 0 Å². The monoisotopic (exact) mass is 184 g/mol. The van der Waals surface area contributed by atoms with Gasteiger partial charge in [-0.1, -0.05) is 6.92 Å². The first kappa shape index (κ1) is 9.73. The average molecular weight is 184 g/mol. The number of ether oxygens (including phenoxy) is 1. The van der Waals surface area contributed by atoms with Crippen molar-refractivity contribution in [1.29, 1.82) is 0 Å². The number of hydrogen-bond acceptors (Lipinski definition) is 3. The number of aliphatic carboxylic acids is 1. The minimum atomic E-state index is -0.952. The van der Waals surface area contributed by atoms with Crippen LogP contribution in [0, 0.1) is 0 Å². The lowest BCUT2D eigenvalue weighted by Crippen LogP contribution is -2.12. The number of hydrogen-bond donors (Lipinski definition) is 2. The molecule has 1 aromatic heterocycles. The van der Waals surface area contributed by atoms with Gasteiger partial charge in [0.05, 0.1) is 6.61 Å². The van der Waals surface area contributed by atoms with E-state index in [4.69, 9.17) is 9.84 Å². The summed E-state index contributed by atoms with van der Waals surface area (Å²) in [5.74, 6) is -0.0496. The molecular weight excluding hydrogens is 172 g/mol. The van der Waals surface area contributed by atoms with Crippen LogP contribution in [0.3, 0.4) is 0 Å². The number of nitrogens with zero attached hydrogens (tertiary/aromatic N) is 1. The fourth-order valence-electron chi connectivity index (χ4n) is 0.949. The summed E-state index contributed by atoms with van der Waals surface area (Å²) in [6, 6.07) is 0. The molecule has 5 heteroatoms. The minimum Gasteiger partial charge on any atom is -0.480 e. The molecule has 72 valence electrons. The molecule has 0 amide bonds. The second-order valence-electron chi connectivity index (χ2n) is 2.78. The Kier molecular flexibility index (Phi) is 3.45. The van der Waals surface area contributed by atoms with Crippen LogP contribution in [0.25, 0.3) is 0 Å². The summed E-state index contributed by atoms with van der Waals surface area (Å²) in [6.45, 7) is 2.02. The van der Waals surface area contributed by atoms with E-state index in [0.717, 1.165) is 5.82 Å². The normalized spacial score (nSPS) is 12.7. The molecule has 0 bridgehead atoms. The van der Waals surface area contributed by atoms with E-state index in [2.05, 4.69) is 9.97 Å². The van der Waals surface area contributed by atoms with Gasteiger partial charge in [-0.05, 0) is 0 Å². The van der Waals surface area contributed by atoms with Gasteiger partial charge in [0, 0.05) is 18.3 Å². The minimum absolute atomic E-state index is 0.0920. The van der Waals surface area contributed by atoms with Crippen LogP contribution >= 0.6 is 0 Å². The summed E-state index contributed by atoms with van der Waals surface area (Å²) in [4.78, 5) is 17.1. The van der Waals surface area contributed by atoms with Gasteiger partial charge in [-0.2, -0.15) is 0 Å². The molecule has 1 atom stereocenters. The molecule has 1 unspecified atom stereocenters. The van der Waals surface area contributed by atoms with E-state index >= 15 is 0 Å². The average Bonchev–Trinajstić information content (AvgIpc) is 2.55. The molecule has 0 spiro atoms. The largest absolute Gasteiger partial charge is 0.480 e. The smallest absolute Gasteiger partial charge is 0.329 e. The Labute approximate surface area is 75.8 Å². The van der Waals surface area contributed by atoms with Crippen molar-refractivity contribution in [2.45, 2.75) is 12.8 Å². The molecule has 0 fully saturated rings. The molecule has 2 N–H and O–H groups in total. The highest BCUT2D eigenvalue weighted by Gasteiger charge is 2.08. The lowest BCUT2D eigenvalue weighted by molar-refractivity contribution is -0.142. The molecule has 0 aliphatic heterocycles. The van der Waals surface area contributed by atoms with E-state index < -0.39 is 5.97 Å². The first-order valence-electron chi connectivity index (χ1n) is 3.99. The summed E-state index contributed by atoms with van der Waals surface area (Å²) in [5.41, 5.74) is 0. The third-order valence-electron chi connectivity index (χ3n) is 1.58. The predicted molar refractivity (Wildman–Crippen MR) is 45.5 cm³/mol. The number of aromatic nitrogens is 2. The zero-order chi connectivity index (χ0) is 9.68. The van der Waals surface area contributed by atoms with Crippen molar-refractivity contribution in [3.63, 3.8) is 0 Å².